The van der Waals surface area contributed by atoms with Crippen LogP contribution in [0.4, 0.5) is 4.39 Å². The molecule has 0 fully saturated rings. The number of alkyl halides is 1. The van der Waals surface area contributed by atoms with Crippen LogP contribution in [0.15, 0.2) is 12.1 Å². The lowest BCUT2D eigenvalue weighted by molar-refractivity contribution is -0.126. The molecule has 1 amide bonds. The summed E-state index contributed by atoms with van der Waals surface area (Å²) < 4.78 is 15.2. The van der Waals surface area contributed by atoms with E-state index in [0.29, 0.717) is 23.4 Å². The van der Waals surface area contributed by atoms with Crippen molar-refractivity contribution >= 4 is 40.1 Å². The summed E-state index contributed by atoms with van der Waals surface area (Å²) in [6, 6.07) is 2.73. The van der Waals surface area contributed by atoms with E-state index in [0.717, 1.165) is 0 Å². The standard InChI is InChI=1S/C13H14Cl2FN3O/c1-13(2,12(17)20)6-19-10-3-7(15)8(16)4-9(10)18-11(19)5-14/h3-4H,5-6H2,1-2H3,(H2,17,20). The number of carbonyl (C=O) groups excluding carboxylic acids is 1. The lowest BCUT2D eigenvalue weighted by Crippen LogP contribution is -2.35. The highest BCUT2D eigenvalue weighted by molar-refractivity contribution is 6.31. The van der Waals surface area contributed by atoms with Crippen LogP contribution in [0.3, 0.4) is 0 Å². The van der Waals surface area contributed by atoms with Gasteiger partial charge in [0.15, 0.2) is 0 Å². The van der Waals surface area contributed by atoms with Gasteiger partial charge in [-0.1, -0.05) is 11.6 Å². The molecule has 0 unspecified atom stereocenters. The zero-order chi connectivity index (χ0) is 15.1. The van der Waals surface area contributed by atoms with Crippen molar-refractivity contribution in [3.05, 3.63) is 28.8 Å². The van der Waals surface area contributed by atoms with Crippen molar-refractivity contribution in [3.63, 3.8) is 0 Å². The van der Waals surface area contributed by atoms with Gasteiger partial charge in [0.1, 0.15) is 11.6 Å². The van der Waals surface area contributed by atoms with E-state index in [9.17, 15) is 9.18 Å². The van der Waals surface area contributed by atoms with E-state index < -0.39 is 17.1 Å². The van der Waals surface area contributed by atoms with Crippen molar-refractivity contribution in [2.75, 3.05) is 0 Å². The third-order valence-electron chi connectivity index (χ3n) is 3.21. The quantitative estimate of drug-likeness (QED) is 0.881. The van der Waals surface area contributed by atoms with Crippen LogP contribution in [-0.4, -0.2) is 15.5 Å². The number of halogens is 3. The molecule has 7 heteroatoms. The Bertz CT molecular complexity index is 682. The molecule has 0 aliphatic heterocycles. The molecule has 2 N–H and O–H groups in total. The van der Waals surface area contributed by atoms with Gasteiger partial charge in [0, 0.05) is 12.6 Å². The summed E-state index contributed by atoms with van der Waals surface area (Å²) >= 11 is 11.7. The van der Waals surface area contributed by atoms with Crippen LogP contribution in [0, 0.1) is 11.2 Å². The van der Waals surface area contributed by atoms with Gasteiger partial charge in [-0.15, -0.1) is 11.6 Å². The van der Waals surface area contributed by atoms with Crippen molar-refractivity contribution < 1.29 is 9.18 Å². The maximum Gasteiger partial charge on any atom is 0.224 e. The lowest BCUT2D eigenvalue weighted by Gasteiger charge is -2.22. The second-order valence-corrected chi connectivity index (χ2v) is 5.93. The fourth-order valence-corrected chi connectivity index (χ4v) is 2.28. The van der Waals surface area contributed by atoms with Gasteiger partial charge >= 0.3 is 0 Å². The number of fused-ring (bicyclic) bond motifs is 1. The van der Waals surface area contributed by atoms with E-state index in [1.54, 1.807) is 18.4 Å². The van der Waals surface area contributed by atoms with Crippen LogP contribution in [-0.2, 0) is 17.2 Å². The van der Waals surface area contributed by atoms with Gasteiger partial charge in [-0.25, -0.2) is 9.37 Å². The van der Waals surface area contributed by atoms with E-state index in [1.165, 1.54) is 12.1 Å². The molecule has 0 atom stereocenters. The monoisotopic (exact) mass is 317 g/mol. The SMILES string of the molecule is CC(C)(Cn1c(CCl)nc2cc(F)c(Cl)cc21)C(N)=O. The fourth-order valence-electron chi connectivity index (χ4n) is 1.92. The van der Waals surface area contributed by atoms with Crippen LogP contribution in [0.5, 0.6) is 0 Å². The number of benzene rings is 1. The van der Waals surface area contributed by atoms with Gasteiger partial charge in [-0.3, -0.25) is 4.79 Å². The van der Waals surface area contributed by atoms with E-state index in [1.807, 2.05) is 0 Å². The van der Waals surface area contributed by atoms with E-state index in [4.69, 9.17) is 28.9 Å². The Morgan fingerprint density at radius 1 is 1.50 bits per heavy atom. The first-order valence-corrected chi connectivity index (χ1v) is 6.87. The summed E-state index contributed by atoms with van der Waals surface area (Å²) in [5, 5.41) is -0.00310. The molecule has 0 aliphatic rings. The zero-order valence-corrected chi connectivity index (χ0v) is 12.6. The molecule has 0 radical (unpaired) electrons. The highest BCUT2D eigenvalue weighted by Crippen LogP contribution is 2.28. The van der Waals surface area contributed by atoms with Crippen LogP contribution in [0.1, 0.15) is 19.7 Å². The van der Waals surface area contributed by atoms with Crippen LogP contribution in [0.2, 0.25) is 5.02 Å². The van der Waals surface area contributed by atoms with E-state index in [-0.39, 0.29) is 10.9 Å². The highest BCUT2D eigenvalue weighted by atomic mass is 35.5. The Labute approximate surface area is 125 Å². The maximum absolute atomic E-state index is 13.5. The third-order valence-corrected chi connectivity index (χ3v) is 3.74. The highest BCUT2D eigenvalue weighted by Gasteiger charge is 2.27. The molecule has 0 aliphatic carbocycles. The number of hydrogen-bond donors (Lipinski definition) is 1. The van der Waals surface area contributed by atoms with Gasteiger partial charge in [0.2, 0.25) is 5.91 Å². The van der Waals surface area contributed by atoms with E-state index >= 15 is 0 Å². The molecular weight excluding hydrogens is 304 g/mol. The number of aromatic nitrogens is 2. The summed E-state index contributed by atoms with van der Waals surface area (Å²) in [6.45, 7) is 3.75. The summed E-state index contributed by atoms with van der Waals surface area (Å²) in [7, 11) is 0. The predicted molar refractivity (Wildman–Crippen MR) is 77.2 cm³/mol. The average molecular weight is 318 g/mol. The number of imidazole rings is 1. The number of primary amides is 1. The third kappa shape index (κ3) is 2.60. The molecule has 0 saturated heterocycles. The average Bonchev–Trinajstić information content (AvgIpc) is 2.67. The van der Waals surface area contributed by atoms with E-state index in [2.05, 4.69) is 4.98 Å². The number of rotatable bonds is 4. The van der Waals surface area contributed by atoms with Gasteiger partial charge < -0.3 is 10.3 Å². The minimum atomic E-state index is -0.782. The number of nitrogens with two attached hydrogens (primary N) is 1. The molecule has 2 aromatic rings. The second-order valence-electron chi connectivity index (χ2n) is 5.25. The summed E-state index contributed by atoms with van der Waals surface area (Å²) in [4.78, 5) is 15.7. The van der Waals surface area contributed by atoms with Gasteiger partial charge in [0.25, 0.3) is 0 Å². The van der Waals surface area contributed by atoms with Crippen molar-refractivity contribution in [3.8, 4) is 0 Å². The van der Waals surface area contributed by atoms with Crippen LogP contribution < -0.4 is 5.73 Å². The molecule has 2 rings (SSSR count). The van der Waals surface area contributed by atoms with Gasteiger partial charge in [0.05, 0.1) is 27.4 Å². The molecule has 4 nitrogen and oxygen atoms in total. The molecular formula is C13H14Cl2FN3O. The first-order chi connectivity index (χ1) is 9.26. The Morgan fingerprint density at radius 2 is 2.15 bits per heavy atom. The number of nitrogens with zero attached hydrogens (tertiary/aromatic N) is 2. The Balaban J connectivity index is 2.61. The van der Waals surface area contributed by atoms with Crippen molar-refractivity contribution in [1.29, 1.82) is 0 Å². The molecule has 0 spiro atoms. The van der Waals surface area contributed by atoms with Gasteiger partial charge in [-0.2, -0.15) is 0 Å². The van der Waals surface area contributed by atoms with Crippen molar-refractivity contribution in [2.45, 2.75) is 26.3 Å². The van der Waals surface area contributed by atoms with Crippen molar-refractivity contribution in [1.82, 2.24) is 9.55 Å². The molecule has 0 saturated carbocycles. The molecule has 20 heavy (non-hydrogen) atoms. The summed E-state index contributed by atoms with van der Waals surface area (Å²) in [5.41, 5.74) is 5.68. The van der Waals surface area contributed by atoms with Crippen molar-refractivity contribution in [2.24, 2.45) is 11.1 Å². The zero-order valence-electron chi connectivity index (χ0n) is 11.1. The minimum absolute atomic E-state index is 0.00310. The Kier molecular flexibility index (Phi) is 3.93. The predicted octanol–water partition coefficient (Wildman–Crippen LogP) is 3.08. The first kappa shape index (κ1) is 15.1. The normalized spacial score (nSPS) is 12.1. The first-order valence-electron chi connectivity index (χ1n) is 5.96. The molecule has 1 aromatic carbocycles. The van der Waals surface area contributed by atoms with Gasteiger partial charge in [-0.05, 0) is 19.9 Å². The largest absolute Gasteiger partial charge is 0.369 e. The topological polar surface area (TPSA) is 60.9 Å². The van der Waals surface area contributed by atoms with Crippen LogP contribution in [0.25, 0.3) is 11.0 Å². The minimum Gasteiger partial charge on any atom is -0.369 e. The molecule has 108 valence electrons. The Morgan fingerprint density at radius 3 is 2.70 bits per heavy atom. The number of amides is 1. The molecule has 1 heterocycles. The number of carbonyl (C=O) groups is 1. The summed E-state index contributed by atoms with van der Waals surface area (Å²) in [5.74, 6) is -0.298. The Hall–Kier alpha value is -1.33. The van der Waals surface area contributed by atoms with Crippen LogP contribution >= 0.6 is 23.2 Å². The number of hydrogen-bond acceptors (Lipinski definition) is 2. The summed E-state index contributed by atoms with van der Waals surface area (Å²) in [6.07, 6.45) is 0. The smallest absolute Gasteiger partial charge is 0.224 e. The second kappa shape index (κ2) is 5.22. The molecule has 0 bridgehead atoms. The molecule has 1 aromatic heterocycles. The lowest BCUT2D eigenvalue weighted by atomic mass is 9.92. The maximum atomic E-state index is 13.5. The fraction of sp³-hybridized carbons (Fsp3) is 0.385.